The number of nitrogen functional groups attached to an aromatic ring is 1. The van der Waals surface area contributed by atoms with Gasteiger partial charge in [0.1, 0.15) is 11.6 Å². The zero-order valence-electron chi connectivity index (χ0n) is 10.7. The van der Waals surface area contributed by atoms with Crippen LogP contribution in [0.2, 0.25) is 0 Å². The molecule has 0 saturated carbocycles. The molecule has 0 atom stereocenters. The summed E-state index contributed by atoms with van der Waals surface area (Å²) in [6, 6.07) is 3.07. The first-order chi connectivity index (χ1) is 9.40. The van der Waals surface area contributed by atoms with Crippen molar-refractivity contribution >= 4 is 21.4 Å². The second-order valence-electron chi connectivity index (χ2n) is 4.43. The Morgan fingerprint density at radius 2 is 2.00 bits per heavy atom. The Kier molecular flexibility index (Phi) is 4.24. The molecule has 0 unspecified atom stereocenters. The molecule has 2 N–H and O–H groups in total. The largest absolute Gasteiger partial charge is 0.398 e. The third-order valence-corrected chi connectivity index (χ3v) is 4.64. The summed E-state index contributed by atoms with van der Waals surface area (Å²) in [5, 5.41) is 0. The highest BCUT2D eigenvalue weighted by Crippen LogP contribution is 2.21. The van der Waals surface area contributed by atoms with Gasteiger partial charge in [-0.2, -0.15) is 0 Å². The van der Waals surface area contributed by atoms with E-state index in [0.29, 0.717) is 26.3 Å². The van der Waals surface area contributed by atoms with Gasteiger partial charge < -0.3 is 15.4 Å². The molecular formula is C12H15FN2O4S. The minimum absolute atomic E-state index is 0.0684. The van der Waals surface area contributed by atoms with Gasteiger partial charge in [0.25, 0.3) is 0 Å². The lowest BCUT2D eigenvalue weighted by molar-refractivity contribution is -0.132. The molecule has 1 saturated heterocycles. The standard InChI is InChI=1S/C12H15FN2O4S/c13-9-1-2-10(14)11(7-9)20(17,18)8-12(16)15-3-5-19-6-4-15/h1-2,7H,3-6,8,14H2. The summed E-state index contributed by atoms with van der Waals surface area (Å²) >= 11 is 0. The molecule has 8 heteroatoms. The van der Waals surface area contributed by atoms with Crippen molar-refractivity contribution in [2.45, 2.75) is 4.90 Å². The molecule has 0 spiro atoms. The second-order valence-corrected chi connectivity index (χ2v) is 6.39. The predicted molar refractivity (Wildman–Crippen MR) is 70.3 cm³/mol. The van der Waals surface area contributed by atoms with Gasteiger partial charge >= 0.3 is 0 Å². The number of hydrogen-bond donors (Lipinski definition) is 1. The van der Waals surface area contributed by atoms with Crippen LogP contribution in [0.25, 0.3) is 0 Å². The van der Waals surface area contributed by atoms with E-state index in [-0.39, 0.29) is 10.6 Å². The Labute approximate surface area is 116 Å². The van der Waals surface area contributed by atoms with Crippen LogP contribution in [0.5, 0.6) is 0 Å². The first kappa shape index (κ1) is 14.7. The normalized spacial score (nSPS) is 16.1. The molecule has 0 aromatic heterocycles. The van der Waals surface area contributed by atoms with Gasteiger partial charge in [0.05, 0.1) is 23.8 Å². The van der Waals surface area contributed by atoms with Crippen LogP contribution >= 0.6 is 0 Å². The van der Waals surface area contributed by atoms with Gasteiger partial charge in [-0.3, -0.25) is 4.79 Å². The third kappa shape index (κ3) is 3.26. The number of rotatable bonds is 3. The molecule has 1 heterocycles. The van der Waals surface area contributed by atoms with E-state index in [0.717, 1.165) is 12.1 Å². The monoisotopic (exact) mass is 302 g/mol. The number of hydrogen-bond acceptors (Lipinski definition) is 5. The van der Waals surface area contributed by atoms with Crippen LogP contribution in [0.15, 0.2) is 23.1 Å². The van der Waals surface area contributed by atoms with Crippen LogP contribution in [-0.4, -0.2) is 51.3 Å². The van der Waals surface area contributed by atoms with Gasteiger partial charge in [-0.05, 0) is 18.2 Å². The van der Waals surface area contributed by atoms with Crippen LogP contribution in [0, 0.1) is 5.82 Å². The van der Waals surface area contributed by atoms with E-state index in [1.807, 2.05) is 0 Å². The summed E-state index contributed by atoms with van der Waals surface area (Å²) in [5.74, 6) is -1.96. The van der Waals surface area contributed by atoms with Gasteiger partial charge in [0.2, 0.25) is 5.91 Å². The third-order valence-electron chi connectivity index (χ3n) is 2.99. The summed E-state index contributed by atoms with van der Waals surface area (Å²) in [7, 11) is -3.96. The number of anilines is 1. The summed E-state index contributed by atoms with van der Waals surface area (Å²) in [6.45, 7) is 1.47. The molecule has 20 heavy (non-hydrogen) atoms. The first-order valence-electron chi connectivity index (χ1n) is 6.03. The SMILES string of the molecule is Nc1ccc(F)cc1S(=O)(=O)CC(=O)N1CCOCC1. The minimum Gasteiger partial charge on any atom is -0.398 e. The molecule has 1 aromatic carbocycles. The van der Waals surface area contributed by atoms with Gasteiger partial charge in [0, 0.05) is 13.1 Å². The fourth-order valence-electron chi connectivity index (χ4n) is 1.92. The quantitative estimate of drug-likeness (QED) is 0.796. The van der Waals surface area contributed by atoms with Crippen LogP contribution < -0.4 is 5.73 Å². The molecule has 0 radical (unpaired) electrons. The topological polar surface area (TPSA) is 89.7 Å². The van der Waals surface area contributed by atoms with Gasteiger partial charge in [0.15, 0.2) is 9.84 Å². The molecule has 1 fully saturated rings. The summed E-state index contributed by atoms with van der Waals surface area (Å²) in [4.78, 5) is 13.0. The fourth-order valence-corrected chi connectivity index (χ4v) is 3.30. The molecule has 1 amide bonds. The van der Waals surface area contributed by atoms with Gasteiger partial charge in [-0.1, -0.05) is 0 Å². The molecule has 1 aliphatic rings. The number of amides is 1. The Morgan fingerprint density at radius 1 is 1.35 bits per heavy atom. The molecule has 110 valence electrons. The van der Waals surface area contributed by atoms with E-state index in [4.69, 9.17) is 10.5 Å². The average Bonchev–Trinajstić information content (AvgIpc) is 2.42. The molecule has 0 aliphatic carbocycles. The maximum atomic E-state index is 13.1. The number of halogens is 1. The van der Waals surface area contributed by atoms with Crippen molar-refractivity contribution in [1.29, 1.82) is 0 Å². The van der Waals surface area contributed by atoms with Crippen molar-refractivity contribution in [3.8, 4) is 0 Å². The zero-order valence-corrected chi connectivity index (χ0v) is 11.5. The first-order valence-corrected chi connectivity index (χ1v) is 7.69. The highest BCUT2D eigenvalue weighted by molar-refractivity contribution is 7.92. The van der Waals surface area contributed by atoms with Gasteiger partial charge in [-0.15, -0.1) is 0 Å². The maximum absolute atomic E-state index is 13.1. The van der Waals surface area contributed by atoms with E-state index in [9.17, 15) is 17.6 Å². The van der Waals surface area contributed by atoms with Crippen molar-refractivity contribution in [2.75, 3.05) is 37.8 Å². The van der Waals surface area contributed by atoms with E-state index >= 15 is 0 Å². The van der Waals surface area contributed by atoms with Crippen molar-refractivity contribution in [1.82, 2.24) is 4.90 Å². The highest BCUT2D eigenvalue weighted by atomic mass is 32.2. The number of nitrogens with two attached hydrogens (primary N) is 1. The number of carbonyl (C=O) groups is 1. The lowest BCUT2D eigenvalue weighted by Crippen LogP contribution is -2.43. The van der Waals surface area contributed by atoms with Gasteiger partial charge in [-0.25, -0.2) is 12.8 Å². The number of sulfone groups is 1. The lowest BCUT2D eigenvalue weighted by atomic mass is 10.3. The second kappa shape index (κ2) is 5.76. The highest BCUT2D eigenvalue weighted by Gasteiger charge is 2.26. The average molecular weight is 302 g/mol. The van der Waals surface area contributed by atoms with Crippen molar-refractivity contribution in [3.05, 3.63) is 24.0 Å². The number of benzene rings is 1. The summed E-state index contributed by atoms with van der Waals surface area (Å²) in [6.07, 6.45) is 0. The molecule has 6 nitrogen and oxygen atoms in total. The number of nitrogens with zero attached hydrogens (tertiary/aromatic N) is 1. The van der Waals surface area contributed by atoms with Crippen LogP contribution in [0.1, 0.15) is 0 Å². The predicted octanol–water partition coefficient (Wildman–Crippen LogP) is 0.0404. The lowest BCUT2D eigenvalue weighted by Gasteiger charge is -2.26. The van der Waals surface area contributed by atoms with Crippen molar-refractivity contribution in [3.63, 3.8) is 0 Å². The number of carbonyl (C=O) groups excluding carboxylic acids is 1. The Morgan fingerprint density at radius 3 is 2.65 bits per heavy atom. The minimum atomic E-state index is -3.96. The molecule has 0 bridgehead atoms. The Bertz CT molecular complexity index is 612. The zero-order chi connectivity index (χ0) is 14.8. The van der Waals surface area contributed by atoms with Crippen molar-refractivity contribution in [2.24, 2.45) is 0 Å². The number of ether oxygens (including phenoxy) is 1. The fraction of sp³-hybridized carbons (Fsp3) is 0.417. The van der Waals surface area contributed by atoms with Crippen LogP contribution in [0.4, 0.5) is 10.1 Å². The molecule has 2 rings (SSSR count). The Balaban J connectivity index is 2.18. The van der Waals surface area contributed by atoms with E-state index < -0.39 is 27.3 Å². The molecular weight excluding hydrogens is 287 g/mol. The summed E-state index contributed by atoms with van der Waals surface area (Å²) < 4.78 is 42.5. The van der Waals surface area contributed by atoms with E-state index in [1.165, 1.54) is 11.0 Å². The maximum Gasteiger partial charge on any atom is 0.238 e. The van der Waals surface area contributed by atoms with E-state index in [1.54, 1.807) is 0 Å². The van der Waals surface area contributed by atoms with Crippen LogP contribution in [0.3, 0.4) is 0 Å². The van der Waals surface area contributed by atoms with Crippen LogP contribution in [-0.2, 0) is 19.4 Å². The molecule has 1 aromatic rings. The molecule has 1 aliphatic heterocycles. The summed E-state index contributed by atoms with van der Waals surface area (Å²) in [5.41, 5.74) is 5.47. The Hall–Kier alpha value is -1.67. The van der Waals surface area contributed by atoms with E-state index in [2.05, 4.69) is 0 Å². The number of morpholine rings is 1. The van der Waals surface area contributed by atoms with Crippen molar-refractivity contribution < 1.29 is 22.3 Å². The smallest absolute Gasteiger partial charge is 0.238 e.